The zero-order valence-electron chi connectivity index (χ0n) is 12.8. The van der Waals surface area contributed by atoms with Crippen LogP contribution in [-0.2, 0) is 9.53 Å². The Labute approximate surface area is 120 Å². The molecule has 3 unspecified atom stereocenters. The van der Waals surface area contributed by atoms with Crippen LogP contribution in [0, 0.1) is 5.92 Å². The summed E-state index contributed by atoms with van der Waals surface area (Å²) in [5.41, 5.74) is 0. The third-order valence-electron chi connectivity index (χ3n) is 3.96. The average Bonchev–Trinajstić information content (AvgIpc) is 2.43. The van der Waals surface area contributed by atoms with Gasteiger partial charge in [-0.25, -0.2) is 9.59 Å². The van der Waals surface area contributed by atoms with Crippen molar-refractivity contribution in [2.24, 2.45) is 5.92 Å². The van der Waals surface area contributed by atoms with Gasteiger partial charge < -0.3 is 20.1 Å². The van der Waals surface area contributed by atoms with Gasteiger partial charge in [0.05, 0.1) is 18.8 Å². The van der Waals surface area contributed by atoms with Crippen molar-refractivity contribution in [1.82, 2.24) is 10.2 Å². The predicted molar refractivity (Wildman–Crippen MR) is 75.6 cm³/mol. The Morgan fingerprint density at radius 2 is 2.10 bits per heavy atom. The van der Waals surface area contributed by atoms with E-state index in [2.05, 4.69) is 5.32 Å². The predicted octanol–water partition coefficient (Wildman–Crippen LogP) is 1.69. The van der Waals surface area contributed by atoms with Crippen LogP contribution in [0.25, 0.3) is 0 Å². The first-order chi connectivity index (χ1) is 9.40. The molecule has 6 heteroatoms. The van der Waals surface area contributed by atoms with Gasteiger partial charge in [-0.05, 0) is 19.3 Å². The number of hydrogen-bond donors (Lipinski definition) is 2. The second-order valence-corrected chi connectivity index (χ2v) is 5.51. The summed E-state index contributed by atoms with van der Waals surface area (Å²) in [5, 5.41) is 11.9. The summed E-state index contributed by atoms with van der Waals surface area (Å²) in [4.78, 5) is 25.3. The van der Waals surface area contributed by atoms with E-state index in [1.54, 1.807) is 4.90 Å². The minimum Gasteiger partial charge on any atom is -0.480 e. The number of amides is 2. The highest BCUT2D eigenvalue weighted by Gasteiger charge is 2.33. The van der Waals surface area contributed by atoms with E-state index in [0.717, 1.165) is 6.42 Å². The second kappa shape index (κ2) is 7.47. The van der Waals surface area contributed by atoms with Gasteiger partial charge in [0.25, 0.3) is 0 Å². The van der Waals surface area contributed by atoms with Crippen LogP contribution >= 0.6 is 0 Å². The average molecular weight is 286 g/mol. The Morgan fingerprint density at radius 3 is 2.60 bits per heavy atom. The maximum atomic E-state index is 12.3. The number of urea groups is 1. The molecule has 6 nitrogen and oxygen atoms in total. The lowest BCUT2D eigenvalue weighted by Crippen LogP contribution is -2.58. The molecule has 0 saturated carbocycles. The molecule has 2 amide bonds. The SMILES string of the molecule is CCC(C)[C@H](NC(=O)N1CC(C)OCC1CC)C(=O)O. The molecule has 0 radical (unpaired) electrons. The van der Waals surface area contributed by atoms with Crippen molar-refractivity contribution in [2.45, 2.75) is 58.7 Å². The molecule has 1 fully saturated rings. The molecule has 0 spiro atoms. The van der Waals surface area contributed by atoms with Gasteiger partial charge in [0.2, 0.25) is 0 Å². The van der Waals surface area contributed by atoms with Crippen LogP contribution in [0.3, 0.4) is 0 Å². The Bertz CT molecular complexity index is 348. The van der Waals surface area contributed by atoms with E-state index in [-0.39, 0.29) is 24.1 Å². The quantitative estimate of drug-likeness (QED) is 0.806. The first kappa shape index (κ1) is 16.8. The summed E-state index contributed by atoms with van der Waals surface area (Å²) < 4.78 is 5.54. The Hall–Kier alpha value is -1.30. The number of aliphatic carboxylic acids is 1. The molecule has 0 bridgehead atoms. The Kier molecular flexibility index (Phi) is 6.26. The number of morpholine rings is 1. The Balaban J connectivity index is 2.73. The molecule has 0 aromatic carbocycles. The number of carboxylic acid groups (broad SMARTS) is 1. The fourth-order valence-electron chi connectivity index (χ4n) is 2.33. The van der Waals surface area contributed by atoms with Crippen LogP contribution in [-0.4, -0.2) is 53.3 Å². The Morgan fingerprint density at radius 1 is 1.45 bits per heavy atom. The van der Waals surface area contributed by atoms with E-state index in [0.29, 0.717) is 19.6 Å². The van der Waals surface area contributed by atoms with Crippen LogP contribution in [0.5, 0.6) is 0 Å². The van der Waals surface area contributed by atoms with Crippen LogP contribution < -0.4 is 5.32 Å². The van der Waals surface area contributed by atoms with Gasteiger partial charge in [-0.1, -0.05) is 27.2 Å². The molecule has 116 valence electrons. The third kappa shape index (κ3) is 4.10. The van der Waals surface area contributed by atoms with Crippen LogP contribution in [0.4, 0.5) is 4.79 Å². The summed E-state index contributed by atoms with van der Waals surface area (Å²) in [6.45, 7) is 8.66. The molecule has 0 aliphatic carbocycles. The molecule has 20 heavy (non-hydrogen) atoms. The number of carboxylic acids is 1. The highest BCUT2D eigenvalue weighted by molar-refractivity contribution is 5.83. The summed E-state index contributed by atoms with van der Waals surface area (Å²) in [6, 6.07) is -1.14. The molecule has 0 aromatic heterocycles. The highest BCUT2D eigenvalue weighted by atomic mass is 16.5. The minimum atomic E-state index is -0.984. The second-order valence-electron chi connectivity index (χ2n) is 5.51. The van der Waals surface area contributed by atoms with Crippen LogP contribution in [0.2, 0.25) is 0 Å². The van der Waals surface area contributed by atoms with Gasteiger partial charge in [-0.15, -0.1) is 0 Å². The van der Waals surface area contributed by atoms with Crippen LogP contribution in [0.15, 0.2) is 0 Å². The molecule has 1 heterocycles. The zero-order valence-corrected chi connectivity index (χ0v) is 12.8. The topological polar surface area (TPSA) is 78.9 Å². The lowest BCUT2D eigenvalue weighted by atomic mass is 9.99. The lowest BCUT2D eigenvalue weighted by molar-refractivity contribution is -0.140. The van der Waals surface area contributed by atoms with Crippen molar-refractivity contribution in [3.05, 3.63) is 0 Å². The first-order valence-corrected chi connectivity index (χ1v) is 7.32. The van der Waals surface area contributed by atoms with Gasteiger partial charge in [-0.2, -0.15) is 0 Å². The summed E-state index contributed by atoms with van der Waals surface area (Å²) in [6.07, 6.45) is 1.48. The van der Waals surface area contributed by atoms with E-state index in [4.69, 9.17) is 4.74 Å². The molecular weight excluding hydrogens is 260 g/mol. The van der Waals surface area contributed by atoms with Crippen molar-refractivity contribution in [3.63, 3.8) is 0 Å². The number of carbonyl (C=O) groups is 2. The number of rotatable bonds is 5. The summed E-state index contributed by atoms with van der Waals surface area (Å²) in [7, 11) is 0. The summed E-state index contributed by atoms with van der Waals surface area (Å²) >= 11 is 0. The molecule has 1 aliphatic heterocycles. The van der Waals surface area contributed by atoms with Crippen molar-refractivity contribution in [1.29, 1.82) is 0 Å². The van der Waals surface area contributed by atoms with Crippen molar-refractivity contribution in [3.8, 4) is 0 Å². The fourth-order valence-corrected chi connectivity index (χ4v) is 2.33. The fraction of sp³-hybridized carbons (Fsp3) is 0.857. The molecule has 1 aliphatic rings. The number of hydrogen-bond acceptors (Lipinski definition) is 3. The highest BCUT2D eigenvalue weighted by Crippen LogP contribution is 2.16. The van der Waals surface area contributed by atoms with E-state index < -0.39 is 12.0 Å². The monoisotopic (exact) mass is 286 g/mol. The van der Waals surface area contributed by atoms with Crippen molar-refractivity contribution >= 4 is 12.0 Å². The van der Waals surface area contributed by atoms with E-state index >= 15 is 0 Å². The maximum Gasteiger partial charge on any atom is 0.326 e. The van der Waals surface area contributed by atoms with Gasteiger partial charge in [-0.3, -0.25) is 0 Å². The maximum absolute atomic E-state index is 12.3. The van der Waals surface area contributed by atoms with Gasteiger partial charge in [0, 0.05) is 6.54 Å². The molecule has 1 saturated heterocycles. The first-order valence-electron chi connectivity index (χ1n) is 7.32. The third-order valence-corrected chi connectivity index (χ3v) is 3.96. The normalized spacial score (nSPS) is 25.9. The molecule has 2 N–H and O–H groups in total. The van der Waals surface area contributed by atoms with E-state index in [1.807, 2.05) is 27.7 Å². The smallest absolute Gasteiger partial charge is 0.326 e. The molecular formula is C14H26N2O4. The van der Waals surface area contributed by atoms with Gasteiger partial charge in [0.15, 0.2) is 0 Å². The lowest BCUT2D eigenvalue weighted by Gasteiger charge is -2.39. The summed E-state index contributed by atoms with van der Waals surface area (Å²) in [5.74, 6) is -1.09. The van der Waals surface area contributed by atoms with E-state index in [9.17, 15) is 14.7 Å². The molecule has 1 rings (SSSR count). The number of nitrogens with zero attached hydrogens (tertiary/aromatic N) is 1. The minimum absolute atomic E-state index is 0.0116. The number of nitrogens with one attached hydrogen (secondary N) is 1. The standard InChI is InChI=1S/C14H26N2O4/c1-5-9(3)12(13(17)18)15-14(19)16-7-10(4)20-8-11(16)6-2/h9-12H,5-8H2,1-4H3,(H,15,19)(H,17,18)/t9?,10?,11?,12-/m0/s1. The van der Waals surface area contributed by atoms with Crippen molar-refractivity contribution in [2.75, 3.05) is 13.2 Å². The van der Waals surface area contributed by atoms with Crippen LogP contribution in [0.1, 0.15) is 40.5 Å². The number of carbonyl (C=O) groups excluding carboxylic acids is 1. The van der Waals surface area contributed by atoms with E-state index in [1.165, 1.54) is 0 Å². The zero-order chi connectivity index (χ0) is 15.3. The van der Waals surface area contributed by atoms with Crippen molar-refractivity contribution < 1.29 is 19.4 Å². The van der Waals surface area contributed by atoms with Gasteiger partial charge >= 0.3 is 12.0 Å². The largest absolute Gasteiger partial charge is 0.480 e. The van der Waals surface area contributed by atoms with Gasteiger partial charge in [0.1, 0.15) is 6.04 Å². The number of ether oxygens (including phenoxy) is 1. The molecule has 4 atom stereocenters. The molecule has 0 aromatic rings.